The Bertz CT molecular complexity index is 502. The molecule has 0 saturated heterocycles. The number of benzene rings is 2. The van der Waals surface area contributed by atoms with Gasteiger partial charge < -0.3 is 0 Å². The fraction of sp³-hybridized carbons (Fsp3) is 0.125. The van der Waals surface area contributed by atoms with Gasteiger partial charge in [0.2, 0.25) is 0 Å². The molecule has 0 nitrogen and oxygen atoms in total. The molecule has 0 amide bonds. The average Bonchev–Trinajstić information content (AvgIpc) is 2.40. The van der Waals surface area contributed by atoms with Gasteiger partial charge in [0.15, 0.2) is 0 Å². The van der Waals surface area contributed by atoms with Gasteiger partial charge in [0.25, 0.3) is 0 Å². The predicted octanol–water partition coefficient (Wildman–Crippen LogP) is 5.53. The van der Waals surface area contributed by atoms with E-state index in [4.69, 9.17) is 11.6 Å². The normalized spacial score (nSPS) is 12.8. The van der Waals surface area contributed by atoms with Crippen molar-refractivity contribution in [2.75, 3.05) is 0 Å². The largest absolute Gasteiger partial charge is 0.119 e. The lowest BCUT2D eigenvalue weighted by Gasteiger charge is -2.06. The minimum Gasteiger partial charge on any atom is -0.119 e. The Labute approximate surface area is 118 Å². The summed E-state index contributed by atoms with van der Waals surface area (Å²) in [5.41, 5.74) is 1.24. The molecule has 0 N–H and O–H groups in total. The maximum Gasteiger partial charge on any atom is 0.0406 e. The lowest BCUT2D eigenvalue weighted by Crippen LogP contribution is -1.89. The molecule has 2 aromatic rings. The van der Waals surface area contributed by atoms with Crippen LogP contribution in [0.25, 0.3) is 6.08 Å². The van der Waals surface area contributed by atoms with Crippen LogP contribution in [0.2, 0.25) is 5.02 Å². The average molecular weight is 275 g/mol. The summed E-state index contributed by atoms with van der Waals surface area (Å²) in [5.74, 6) is 0. The molecule has 1 atom stereocenters. The summed E-state index contributed by atoms with van der Waals surface area (Å²) in [5, 5.41) is 1.22. The van der Waals surface area contributed by atoms with Crippen molar-refractivity contribution in [2.24, 2.45) is 0 Å². The Morgan fingerprint density at radius 1 is 1.00 bits per heavy atom. The van der Waals surface area contributed by atoms with Crippen LogP contribution in [0.3, 0.4) is 0 Å². The third-order valence-electron chi connectivity index (χ3n) is 2.49. The van der Waals surface area contributed by atoms with Crippen molar-refractivity contribution in [3.8, 4) is 0 Å². The second-order valence-corrected chi connectivity index (χ2v) is 5.93. The van der Waals surface area contributed by atoms with Gasteiger partial charge in [-0.2, -0.15) is 0 Å². The zero-order valence-electron chi connectivity index (χ0n) is 10.2. The van der Waals surface area contributed by atoms with Gasteiger partial charge in [-0.15, -0.1) is 11.8 Å². The van der Waals surface area contributed by atoms with Crippen molar-refractivity contribution in [3.63, 3.8) is 0 Å². The van der Waals surface area contributed by atoms with Gasteiger partial charge in [0, 0.05) is 15.2 Å². The SMILES string of the molecule is CC(/C=C/c1ccccc1)Sc1ccc(Cl)cc1. The quantitative estimate of drug-likeness (QED) is 0.660. The molecule has 0 aromatic heterocycles. The van der Waals surface area contributed by atoms with Crippen molar-refractivity contribution in [3.05, 3.63) is 71.3 Å². The Kier molecular flexibility index (Phi) is 4.91. The lowest BCUT2D eigenvalue weighted by atomic mass is 10.2. The Morgan fingerprint density at radius 2 is 1.67 bits per heavy atom. The minimum absolute atomic E-state index is 0.436. The van der Waals surface area contributed by atoms with E-state index >= 15 is 0 Å². The number of rotatable bonds is 4. The highest BCUT2D eigenvalue weighted by Crippen LogP contribution is 2.25. The van der Waals surface area contributed by atoms with Gasteiger partial charge in [-0.1, -0.05) is 54.1 Å². The molecule has 0 aliphatic heterocycles. The topological polar surface area (TPSA) is 0 Å². The van der Waals surface area contributed by atoms with Crippen LogP contribution in [0.5, 0.6) is 0 Å². The van der Waals surface area contributed by atoms with Gasteiger partial charge in [0.05, 0.1) is 0 Å². The van der Waals surface area contributed by atoms with Gasteiger partial charge in [-0.25, -0.2) is 0 Å². The molecule has 0 spiro atoms. The van der Waals surface area contributed by atoms with Gasteiger partial charge in [0.1, 0.15) is 0 Å². The molecule has 0 radical (unpaired) electrons. The van der Waals surface area contributed by atoms with E-state index in [-0.39, 0.29) is 0 Å². The van der Waals surface area contributed by atoms with Crippen molar-refractivity contribution in [1.82, 2.24) is 0 Å². The summed E-state index contributed by atoms with van der Waals surface area (Å²) in [4.78, 5) is 1.24. The van der Waals surface area contributed by atoms with E-state index in [2.05, 4.69) is 55.5 Å². The molecule has 1 unspecified atom stereocenters. The van der Waals surface area contributed by atoms with E-state index in [1.165, 1.54) is 10.5 Å². The summed E-state index contributed by atoms with van der Waals surface area (Å²) < 4.78 is 0. The van der Waals surface area contributed by atoms with Crippen LogP contribution in [0.1, 0.15) is 12.5 Å². The Morgan fingerprint density at radius 3 is 2.33 bits per heavy atom. The molecule has 0 aliphatic carbocycles. The fourth-order valence-corrected chi connectivity index (χ4v) is 2.58. The summed E-state index contributed by atoms with van der Waals surface area (Å²) >= 11 is 7.69. The Balaban J connectivity index is 1.94. The second-order valence-electron chi connectivity index (χ2n) is 4.05. The lowest BCUT2D eigenvalue weighted by molar-refractivity contribution is 1.24. The summed E-state index contributed by atoms with van der Waals surface area (Å²) in [6.45, 7) is 2.19. The van der Waals surface area contributed by atoms with Crippen LogP contribution in [0.15, 0.2) is 65.6 Å². The zero-order chi connectivity index (χ0) is 12.8. The maximum atomic E-state index is 5.87. The van der Waals surface area contributed by atoms with E-state index in [1.807, 2.05) is 30.0 Å². The van der Waals surface area contributed by atoms with E-state index in [1.54, 1.807) is 0 Å². The number of thioether (sulfide) groups is 1. The monoisotopic (exact) mass is 274 g/mol. The van der Waals surface area contributed by atoms with Crippen LogP contribution in [-0.2, 0) is 0 Å². The molecule has 2 aromatic carbocycles. The molecule has 0 fully saturated rings. The fourth-order valence-electron chi connectivity index (χ4n) is 1.58. The first kappa shape index (κ1) is 13.3. The third-order valence-corrected chi connectivity index (χ3v) is 3.82. The first-order valence-electron chi connectivity index (χ1n) is 5.89. The summed E-state index contributed by atoms with van der Waals surface area (Å²) in [7, 11) is 0. The number of hydrogen-bond acceptors (Lipinski definition) is 1. The second kappa shape index (κ2) is 6.67. The summed E-state index contributed by atoms with van der Waals surface area (Å²) in [6.07, 6.45) is 4.38. The molecule has 0 heterocycles. The van der Waals surface area contributed by atoms with Gasteiger partial charge in [-0.3, -0.25) is 0 Å². The smallest absolute Gasteiger partial charge is 0.0406 e. The van der Waals surface area contributed by atoms with Gasteiger partial charge in [-0.05, 0) is 36.8 Å². The van der Waals surface area contributed by atoms with Crippen LogP contribution in [-0.4, -0.2) is 5.25 Å². The zero-order valence-corrected chi connectivity index (χ0v) is 11.8. The highest BCUT2D eigenvalue weighted by molar-refractivity contribution is 8.00. The van der Waals surface area contributed by atoms with Crippen LogP contribution in [0.4, 0.5) is 0 Å². The van der Waals surface area contributed by atoms with E-state index in [0.29, 0.717) is 5.25 Å². The molecular formula is C16H15ClS. The van der Waals surface area contributed by atoms with E-state index in [9.17, 15) is 0 Å². The number of halogens is 1. The van der Waals surface area contributed by atoms with Crippen molar-refractivity contribution < 1.29 is 0 Å². The van der Waals surface area contributed by atoms with Crippen LogP contribution >= 0.6 is 23.4 Å². The van der Waals surface area contributed by atoms with Crippen LogP contribution < -0.4 is 0 Å². The van der Waals surface area contributed by atoms with E-state index < -0.39 is 0 Å². The van der Waals surface area contributed by atoms with Crippen molar-refractivity contribution in [1.29, 1.82) is 0 Å². The standard InChI is InChI=1S/C16H15ClS/c1-13(7-8-14-5-3-2-4-6-14)18-16-11-9-15(17)10-12-16/h2-13H,1H3/b8-7+. The van der Waals surface area contributed by atoms with Gasteiger partial charge >= 0.3 is 0 Å². The van der Waals surface area contributed by atoms with E-state index in [0.717, 1.165) is 5.02 Å². The van der Waals surface area contributed by atoms with Crippen molar-refractivity contribution in [2.45, 2.75) is 17.1 Å². The molecule has 18 heavy (non-hydrogen) atoms. The number of hydrogen-bond donors (Lipinski definition) is 0. The molecule has 0 bridgehead atoms. The molecule has 2 rings (SSSR count). The van der Waals surface area contributed by atoms with Crippen molar-refractivity contribution >= 4 is 29.4 Å². The molecular weight excluding hydrogens is 260 g/mol. The minimum atomic E-state index is 0.436. The Hall–Kier alpha value is -1.18. The first-order chi connectivity index (χ1) is 8.74. The summed E-state index contributed by atoms with van der Waals surface area (Å²) in [6, 6.07) is 18.3. The highest BCUT2D eigenvalue weighted by Gasteiger charge is 2.00. The highest BCUT2D eigenvalue weighted by atomic mass is 35.5. The molecule has 0 saturated carbocycles. The predicted molar refractivity (Wildman–Crippen MR) is 82.2 cm³/mol. The third kappa shape index (κ3) is 4.25. The van der Waals surface area contributed by atoms with Crippen LogP contribution in [0, 0.1) is 0 Å². The molecule has 2 heteroatoms. The first-order valence-corrected chi connectivity index (χ1v) is 7.15. The maximum absolute atomic E-state index is 5.87. The molecule has 92 valence electrons. The molecule has 0 aliphatic rings.